The molecule has 5 heteroatoms. The Bertz CT molecular complexity index is 612. The molecule has 0 spiro atoms. The second kappa shape index (κ2) is 10.2. The number of ether oxygens (including phenoxy) is 1. The first-order valence-electron chi connectivity index (χ1n) is 7.73. The molecule has 2 aromatic carbocycles. The van der Waals surface area contributed by atoms with Crippen molar-refractivity contribution >= 4 is 12.4 Å². The van der Waals surface area contributed by atoms with Crippen molar-refractivity contribution in [2.75, 3.05) is 6.61 Å². The Hall–Kier alpha value is -2.66. The quantitative estimate of drug-likeness (QED) is 0.381. The number of aryl methyl sites for hydroxylation is 1. The summed E-state index contributed by atoms with van der Waals surface area (Å²) in [5.74, 6) is -0.748. The van der Waals surface area contributed by atoms with Crippen LogP contribution in [-0.2, 0) is 36.9 Å². The third kappa shape index (κ3) is 6.22. The van der Waals surface area contributed by atoms with Gasteiger partial charge in [-0.2, -0.15) is 4.89 Å². The molecule has 0 N–H and O–H groups in total. The van der Waals surface area contributed by atoms with Gasteiger partial charge in [0.05, 0.1) is 6.61 Å². The zero-order valence-corrected chi connectivity index (χ0v) is 13.2. The summed E-state index contributed by atoms with van der Waals surface area (Å²) in [6.07, 6.45) is 0.674. The van der Waals surface area contributed by atoms with Gasteiger partial charge in [0, 0.05) is 6.42 Å². The average molecular weight is 327 g/mol. The highest BCUT2D eigenvalue weighted by molar-refractivity contribution is 5.75. The highest BCUT2D eigenvalue weighted by atomic mass is 17.2. The summed E-state index contributed by atoms with van der Waals surface area (Å²) < 4.78 is 4.67. The average Bonchev–Trinajstić information content (AvgIpc) is 2.62. The smallest absolute Gasteiger partial charge is 0.418 e. The van der Waals surface area contributed by atoms with Crippen LogP contribution in [0.5, 0.6) is 0 Å². The second-order valence-corrected chi connectivity index (χ2v) is 5.19. The monoisotopic (exact) mass is 327 g/mol. The van der Waals surface area contributed by atoms with Gasteiger partial charge in [-0.1, -0.05) is 60.7 Å². The van der Waals surface area contributed by atoms with E-state index >= 15 is 0 Å². The van der Waals surface area contributed by atoms with Crippen molar-refractivity contribution in [3.05, 3.63) is 71.8 Å². The van der Waals surface area contributed by atoms with Gasteiger partial charge in [-0.25, -0.2) is 9.59 Å². The molecule has 125 valence electrons. The van der Waals surface area contributed by atoms with Crippen LogP contribution in [0.4, 0.5) is 0 Å². The van der Waals surface area contributed by atoms with E-state index in [2.05, 4.69) is 4.74 Å². The fourth-order valence-corrected chi connectivity index (χ4v) is 2.19. The highest BCUT2D eigenvalue weighted by Crippen LogP contribution is 2.08. The van der Waals surface area contributed by atoms with E-state index in [-0.39, 0.29) is 13.0 Å². The summed E-state index contributed by atoms with van der Waals surface area (Å²) in [4.78, 5) is 32.0. The first kappa shape index (κ1) is 17.7. The molecular weight excluding hydrogens is 308 g/mol. The lowest BCUT2D eigenvalue weighted by Crippen LogP contribution is -2.28. The van der Waals surface area contributed by atoms with Crippen LogP contribution in [-0.4, -0.2) is 25.2 Å². The van der Waals surface area contributed by atoms with Crippen molar-refractivity contribution in [1.29, 1.82) is 0 Å². The van der Waals surface area contributed by atoms with E-state index in [0.29, 0.717) is 6.42 Å². The number of carbonyl (C=O) groups is 1. The van der Waals surface area contributed by atoms with E-state index < -0.39 is 12.1 Å². The van der Waals surface area contributed by atoms with Crippen LogP contribution >= 0.6 is 0 Å². The standard InChI is InChI=1S/C19H19O5/c20-15-22-18(14-17-10-5-2-6-11-17)19(21)24-23-13-7-12-16-8-3-1-4-9-16/h1-6,8-11,18H,7,12-14H2. The molecule has 0 aliphatic heterocycles. The molecular formula is C19H19O5. The summed E-state index contributed by atoms with van der Waals surface area (Å²) in [6.45, 7) is 1.55. The Kier molecular flexibility index (Phi) is 7.50. The molecule has 2 rings (SSSR count). The van der Waals surface area contributed by atoms with Crippen molar-refractivity contribution in [1.82, 2.24) is 0 Å². The highest BCUT2D eigenvalue weighted by Gasteiger charge is 2.23. The number of hydrogen-bond acceptors (Lipinski definition) is 5. The molecule has 1 radical (unpaired) electrons. The molecule has 0 bridgehead atoms. The molecule has 0 aliphatic rings. The summed E-state index contributed by atoms with van der Waals surface area (Å²) in [6, 6.07) is 19.1. The second-order valence-electron chi connectivity index (χ2n) is 5.19. The Morgan fingerprint density at radius 2 is 1.58 bits per heavy atom. The third-order valence-corrected chi connectivity index (χ3v) is 3.39. The van der Waals surface area contributed by atoms with E-state index in [0.717, 1.165) is 12.0 Å². The minimum atomic E-state index is -1.07. The first-order chi connectivity index (χ1) is 11.8. The lowest BCUT2D eigenvalue weighted by atomic mass is 10.1. The van der Waals surface area contributed by atoms with Gasteiger partial charge in [0.1, 0.15) is 0 Å². The number of carbonyl (C=O) groups excluding carboxylic acids is 2. The fourth-order valence-electron chi connectivity index (χ4n) is 2.19. The predicted molar refractivity (Wildman–Crippen MR) is 87.5 cm³/mol. The van der Waals surface area contributed by atoms with Gasteiger partial charge >= 0.3 is 12.4 Å². The Labute approximate surface area is 141 Å². The van der Waals surface area contributed by atoms with Gasteiger partial charge in [-0.15, -0.1) is 0 Å². The topological polar surface area (TPSA) is 61.8 Å². The summed E-state index contributed by atoms with van der Waals surface area (Å²) >= 11 is 0. The maximum atomic E-state index is 11.9. The molecule has 5 nitrogen and oxygen atoms in total. The number of rotatable bonds is 10. The lowest BCUT2D eigenvalue weighted by molar-refractivity contribution is -0.278. The van der Waals surface area contributed by atoms with Crippen LogP contribution < -0.4 is 0 Å². The first-order valence-corrected chi connectivity index (χ1v) is 7.73. The van der Waals surface area contributed by atoms with Crippen LogP contribution in [0.3, 0.4) is 0 Å². The molecule has 1 atom stereocenters. The van der Waals surface area contributed by atoms with Crippen molar-refractivity contribution < 1.29 is 24.1 Å². The summed E-state index contributed by atoms with van der Waals surface area (Å²) in [5, 5.41) is 0. The molecule has 0 saturated heterocycles. The van der Waals surface area contributed by atoms with Crippen LogP contribution in [0.25, 0.3) is 0 Å². The lowest BCUT2D eigenvalue weighted by Gasteiger charge is -2.12. The Morgan fingerprint density at radius 3 is 2.21 bits per heavy atom. The Morgan fingerprint density at radius 1 is 0.958 bits per heavy atom. The van der Waals surface area contributed by atoms with Gasteiger partial charge < -0.3 is 4.74 Å². The molecule has 0 amide bonds. The molecule has 0 heterocycles. The largest absolute Gasteiger partial charge is 0.441 e. The molecule has 0 saturated carbocycles. The van der Waals surface area contributed by atoms with Gasteiger partial charge in [0.25, 0.3) is 0 Å². The van der Waals surface area contributed by atoms with Crippen molar-refractivity contribution in [3.63, 3.8) is 0 Å². The van der Waals surface area contributed by atoms with E-state index in [1.807, 2.05) is 60.7 Å². The minimum absolute atomic E-state index is 0.211. The molecule has 0 aromatic heterocycles. The number of hydrogen-bond donors (Lipinski definition) is 0. The normalized spacial score (nSPS) is 11.5. The Balaban J connectivity index is 1.71. The van der Waals surface area contributed by atoms with E-state index in [4.69, 9.17) is 9.78 Å². The van der Waals surface area contributed by atoms with Gasteiger partial charge in [-0.3, -0.25) is 4.89 Å². The fraction of sp³-hybridized carbons (Fsp3) is 0.263. The molecule has 24 heavy (non-hydrogen) atoms. The van der Waals surface area contributed by atoms with Crippen LogP contribution in [0.1, 0.15) is 17.5 Å². The zero-order chi connectivity index (χ0) is 17.0. The maximum absolute atomic E-state index is 11.9. The third-order valence-electron chi connectivity index (χ3n) is 3.39. The minimum Gasteiger partial charge on any atom is -0.441 e. The van der Waals surface area contributed by atoms with E-state index in [9.17, 15) is 9.59 Å². The molecule has 0 aliphatic carbocycles. The van der Waals surface area contributed by atoms with Gasteiger partial charge in [0.2, 0.25) is 6.10 Å². The van der Waals surface area contributed by atoms with Crippen molar-refractivity contribution in [3.8, 4) is 0 Å². The van der Waals surface area contributed by atoms with Crippen molar-refractivity contribution in [2.45, 2.75) is 25.4 Å². The maximum Gasteiger partial charge on any atom is 0.418 e. The SMILES string of the molecule is O=[C]OC(Cc1ccccc1)C(=O)OOCCCc1ccccc1. The zero-order valence-electron chi connectivity index (χ0n) is 13.2. The van der Waals surface area contributed by atoms with Gasteiger partial charge in [0.15, 0.2) is 0 Å². The van der Waals surface area contributed by atoms with Crippen LogP contribution in [0.2, 0.25) is 0 Å². The molecule has 0 fully saturated rings. The van der Waals surface area contributed by atoms with Crippen molar-refractivity contribution in [2.24, 2.45) is 0 Å². The predicted octanol–water partition coefficient (Wildman–Crippen LogP) is 2.79. The molecule has 2 aromatic rings. The summed E-state index contributed by atoms with van der Waals surface area (Å²) in [7, 11) is 0. The van der Waals surface area contributed by atoms with Gasteiger partial charge in [-0.05, 0) is 24.0 Å². The number of benzene rings is 2. The van der Waals surface area contributed by atoms with Crippen LogP contribution in [0, 0.1) is 0 Å². The molecule has 1 unspecified atom stereocenters. The van der Waals surface area contributed by atoms with E-state index in [1.54, 1.807) is 0 Å². The van der Waals surface area contributed by atoms with Crippen LogP contribution in [0.15, 0.2) is 60.7 Å². The summed E-state index contributed by atoms with van der Waals surface area (Å²) in [5.41, 5.74) is 2.03. The van der Waals surface area contributed by atoms with E-state index in [1.165, 1.54) is 12.0 Å².